The molecule has 0 bridgehead atoms. The van der Waals surface area contributed by atoms with Gasteiger partial charge in [-0.05, 0) is 0 Å². The highest BCUT2D eigenvalue weighted by molar-refractivity contribution is 9.09. The van der Waals surface area contributed by atoms with E-state index in [4.69, 9.17) is 18.9 Å². The summed E-state index contributed by atoms with van der Waals surface area (Å²) in [7, 11) is 1.12. The van der Waals surface area contributed by atoms with Crippen LogP contribution in [0, 0.1) is 0 Å². The lowest BCUT2D eigenvalue weighted by Gasteiger charge is -2.41. The number of ether oxygens (including phenoxy) is 5. The SMILES string of the molecule is COC(=O)[C@@H]1OC(Br)C(OC(C)=O)C(OC(C)=O)C1OC(C)=O. The normalized spacial score (nSPS) is 30.0. The van der Waals surface area contributed by atoms with Crippen molar-refractivity contribution in [2.24, 2.45) is 0 Å². The standard InChI is InChI=1S/C13H17BrO9/c1-5(15)20-8-9(21-6(2)16)11(13(18)19-4)23-12(14)10(8)22-7(3)17/h8-12H,1-4H3/t8?,9?,10?,11-,12?/m1/s1. The highest BCUT2D eigenvalue weighted by Gasteiger charge is 2.53. The van der Waals surface area contributed by atoms with Gasteiger partial charge in [0, 0.05) is 20.8 Å². The zero-order chi connectivity index (χ0) is 17.7. The Kier molecular flexibility index (Phi) is 6.95. The van der Waals surface area contributed by atoms with Crippen LogP contribution in [0.1, 0.15) is 20.8 Å². The third-order valence-electron chi connectivity index (χ3n) is 2.82. The van der Waals surface area contributed by atoms with Crippen LogP contribution in [0.15, 0.2) is 0 Å². The lowest BCUT2D eigenvalue weighted by atomic mass is 9.99. The smallest absolute Gasteiger partial charge is 0.339 e. The molecule has 5 atom stereocenters. The largest absolute Gasteiger partial charge is 0.467 e. The van der Waals surface area contributed by atoms with Gasteiger partial charge >= 0.3 is 23.9 Å². The fraction of sp³-hybridized carbons (Fsp3) is 0.692. The van der Waals surface area contributed by atoms with Crippen LogP contribution < -0.4 is 0 Å². The average molecular weight is 397 g/mol. The molecule has 0 aromatic rings. The van der Waals surface area contributed by atoms with Crippen molar-refractivity contribution in [1.82, 2.24) is 0 Å². The first-order chi connectivity index (χ1) is 10.7. The molecule has 1 heterocycles. The summed E-state index contributed by atoms with van der Waals surface area (Å²) in [5, 5.41) is -0.980. The molecule has 0 saturated carbocycles. The number of hydrogen-bond acceptors (Lipinski definition) is 9. The minimum Gasteiger partial charge on any atom is -0.467 e. The number of rotatable bonds is 4. The number of carbonyl (C=O) groups is 4. The molecular weight excluding hydrogens is 380 g/mol. The molecule has 0 aromatic carbocycles. The van der Waals surface area contributed by atoms with E-state index in [0.717, 1.165) is 27.9 Å². The molecule has 4 unspecified atom stereocenters. The van der Waals surface area contributed by atoms with Crippen LogP contribution in [-0.2, 0) is 42.9 Å². The molecule has 1 fully saturated rings. The van der Waals surface area contributed by atoms with E-state index in [1.54, 1.807) is 0 Å². The minimum atomic E-state index is -1.36. The summed E-state index contributed by atoms with van der Waals surface area (Å²) in [6.45, 7) is 3.39. The molecule has 0 amide bonds. The monoisotopic (exact) mass is 396 g/mol. The maximum absolute atomic E-state index is 11.9. The van der Waals surface area contributed by atoms with Crippen molar-refractivity contribution in [3.05, 3.63) is 0 Å². The second-order valence-corrected chi connectivity index (χ2v) is 5.56. The van der Waals surface area contributed by atoms with E-state index in [9.17, 15) is 19.2 Å². The van der Waals surface area contributed by atoms with Crippen molar-refractivity contribution in [3.63, 3.8) is 0 Å². The van der Waals surface area contributed by atoms with Gasteiger partial charge in [0.05, 0.1) is 7.11 Å². The van der Waals surface area contributed by atoms with Crippen molar-refractivity contribution >= 4 is 39.8 Å². The van der Waals surface area contributed by atoms with Crippen LogP contribution in [0.5, 0.6) is 0 Å². The molecule has 1 saturated heterocycles. The summed E-state index contributed by atoms with van der Waals surface area (Å²) in [4.78, 5) is 45.8. The second-order valence-electron chi connectivity index (χ2n) is 4.65. The fourth-order valence-corrected chi connectivity index (χ4v) is 2.71. The molecule has 1 aliphatic heterocycles. The van der Waals surface area contributed by atoms with Crippen LogP contribution in [0.3, 0.4) is 0 Å². The first kappa shape index (κ1) is 19.4. The van der Waals surface area contributed by atoms with Gasteiger partial charge in [-0.3, -0.25) is 14.4 Å². The predicted octanol–water partition coefficient (Wildman–Crippen LogP) is 0.0743. The minimum absolute atomic E-state index is 0.668. The van der Waals surface area contributed by atoms with E-state index in [2.05, 4.69) is 20.7 Å². The Morgan fingerprint density at radius 2 is 1.26 bits per heavy atom. The molecule has 0 spiro atoms. The van der Waals surface area contributed by atoms with Crippen LogP contribution in [-0.4, -0.2) is 60.4 Å². The molecule has 0 radical (unpaired) electrons. The number of carbonyl (C=O) groups excluding carboxylic acids is 4. The summed E-state index contributed by atoms with van der Waals surface area (Å²) in [6.07, 6.45) is -5.06. The third-order valence-corrected chi connectivity index (χ3v) is 3.56. The molecule has 0 N–H and O–H groups in total. The van der Waals surface area contributed by atoms with Gasteiger partial charge in [0.2, 0.25) is 0 Å². The summed E-state index contributed by atoms with van der Waals surface area (Å²) in [5.41, 5.74) is 0. The van der Waals surface area contributed by atoms with Crippen LogP contribution in [0.4, 0.5) is 0 Å². The molecule has 1 aliphatic rings. The maximum Gasteiger partial charge on any atom is 0.339 e. The molecule has 130 valence electrons. The molecule has 23 heavy (non-hydrogen) atoms. The van der Waals surface area contributed by atoms with Crippen LogP contribution in [0.25, 0.3) is 0 Å². The summed E-state index contributed by atoms with van der Waals surface area (Å²) < 4.78 is 25.2. The van der Waals surface area contributed by atoms with Gasteiger partial charge < -0.3 is 23.7 Å². The van der Waals surface area contributed by atoms with Crippen molar-refractivity contribution in [2.75, 3.05) is 7.11 Å². The zero-order valence-corrected chi connectivity index (χ0v) is 14.5. The lowest BCUT2D eigenvalue weighted by molar-refractivity contribution is -0.234. The lowest BCUT2D eigenvalue weighted by Crippen LogP contribution is -2.61. The Labute approximate surface area is 140 Å². The summed E-state index contributed by atoms with van der Waals surface area (Å²) >= 11 is 3.11. The summed E-state index contributed by atoms with van der Waals surface area (Å²) in [6, 6.07) is 0. The zero-order valence-electron chi connectivity index (χ0n) is 12.9. The van der Waals surface area contributed by atoms with Gasteiger partial charge in [-0.1, -0.05) is 15.9 Å². The topological polar surface area (TPSA) is 114 Å². The highest BCUT2D eigenvalue weighted by Crippen LogP contribution is 2.31. The van der Waals surface area contributed by atoms with E-state index in [1.807, 2.05) is 0 Å². The Hall–Kier alpha value is -1.68. The first-order valence-electron chi connectivity index (χ1n) is 6.56. The number of alkyl halides is 1. The van der Waals surface area contributed by atoms with Gasteiger partial charge in [0.1, 0.15) is 0 Å². The Morgan fingerprint density at radius 1 is 0.826 bits per heavy atom. The van der Waals surface area contributed by atoms with Crippen molar-refractivity contribution in [3.8, 4) is 0 Å². The number of esters is 4. The van der Waals surface area contributed by atoms with Gasteiger partial charge in [-0.25, -0.2) is 4.79 Å². The molecule has 0 aromatic heterocycles. The van der Waals surface area contributed by atoms with Crippen molar-refractivity contribution in [1.29, 1.82) is 0 Å². The van der Waals surface area contributed by atoms with Crippen molar-refractivity contribution in [2.45, 2.75) is 50.2 Å². The van der Waals surface area contributed by atoms with Crippen LogP contribution in [0.2, 0.25) is 0 Å². The van der Waals surface area contributed by atoms with Gasteiger partial charge in [0.15, 0.2) is 29.4 Å². The molecule has 1 rings (SSSR count). The molecule has 9 nitrogen and oxygen atoms in total. The second kappa shape index (κ2) is 8.25. The van der Waals surface area contributed by atoms with Gasteiger partial charge in [0.25, 0.3) is 0 Å². The number of hydrogen-bond donors (Lipinski definition) is 0. The van der Waals surface area contributed by atoms with Gasteiger partial charge in [-0.15, -0.1) is 0 Å². The Bertz CT molecular complexity index is 492. The highest BCUT2D eigenvalue weighted by atomic mass is 79.9. The first-order valence-corrected chi connectivity index (χ1v) is 7.48. The predicted molar refractivity (Wildman–Crippen MR) is 76.3 cm³/mol. The Balaban J connectivity index is 3.21. The average Bonchev–Trinajstić information content (AvgIpc) is 2.43. The molecule has 10 heteroatoms. The molecule has 0 aliphatic carbocycles. The summed E-state index contributed by atoms with van der Waals surface area (Å²) in [5.74, 6) is -2.95. The quantitative estimate of drug-likeness (QED) is 0.369. The third kappa shape index (κ3) is 5.17. The number of methoxy groups -OCH3 is 1. The van der Waals surface area contributed by atoms with E-state index < -0.39 is 53.3 Å². The molecular formula is C13H17BrO9. The van der Waals surface area contributed by atoms with E-state index >= 15 is 0 Å². The Morgan fingerprint density at radius 3 is 1.70 bits per heavy atom. The maximum atomic E-state index is 11.9. The number of halogens is 1. The van der Waals surface area contributed by atoms with E-state index in [1.165, 1.54) is 0 Å². The van der Waals surface area contributed by atoms with Crippen molar-refractivity contribution < 1.29 is 42.9 Å². The van der Waals surface area contributed by atoms with Gasteiger partial charge in [-0.2, -0.15) is 0 Å². The van der Waals surface area contributed by atoms with E-state index in [-0.39, 0.29) is 0 Å². The van der Waals surface area contributed by atoms with E-state index in [0.29, 0.717) is 0 Å². The van der Waals surface area contributed by atoms with Crippen LogP contribution >= 0.6 is 15.9 Å². The fourth-order valence-electron chi connectivity index (χ4n) is 2.07.